The van der Waals surface area contributed by atoms with Gasteiger partial charge in [0.1, 0.15) is 16.5 Å². The molecule has 2 aliphatic rings. The summed E-state index contributed by atoms with van der Waals surface area (Å²) in [6, 6.07) is 29.0. The quantitative estimate of drug-likeness (QED) is 0.179. The first-order chi connectivity index (χ1) is 23.3. The molecule has 3 aromatic carbocycles. The number of carbonyl (C=O) groups excluding carboxylic acids is 1. The highest BCUT2D eigenvalue weighted by atomic mass is 32.1. The van der Waals surface area contributed by atoms with E-state index in [4.69, 9.17) is 19.7 Å². The standard InChI is InChI=1S/C32H24N6OS.C5H12O.C2H6/c39-19-34-32(16-6-17-32)21-14-12-20(13-15-21)28-27(31-36-24-9-3-4-11-26(24)40-31)37-30-22-7-1-2-8-23(22)35-29-25(38(28)30)10-5-18-33-29;1-5(2,3)6-4;1-2/h1-5,7-15,18-19H,6,16-17H2,(H,33,35)(H,34,39);1-4H3;1-2H3. The number of para-hydroxylation sites is 2. The van der Waals surface area contributed by atoms with Gasteiger partial charge in [-0.2, -0.15) is 0 Å². The Morgan fingerprint density at radius 3 is 2.31 bits per heavy atom. The first-order valence-corrected chi connectivity index (χ1v) is 17.3. The molecule has 8 nitrogen and oxygen atoms in total. The molecule has 1 aliphatic heterocycles. The highest BCUT2D eigenvalue weighted by Gasteiger charge is 2.38. The molecule has 1 fully saturated rings. The number of anilines is 2. The average Bonchev–Trinajstić information content (AvgIpc) is 3.67. The van der Waals surface area contributed by atoms with Gasteiger partial charge in [0.2, 0.25) is 6.41 Å². The molecular weight excluding hydrogens is 617 g/mol. The molecule has 0 spiro atoms. The molecule has 1 aliphatic carbocycles. The van der Waals surface area contributed by atoms with Gasteiger partial charge in [-0.3, -0.25) is 9.36 Å². The van der Waals surface area contributed by atoms with Crippen LogP contribution in [0.25, 0.3) is 49.3 Å². The highest BCUT2D eigenvalue weighted by molar-refractivity contribution is 7.21. The van der Waals surface area contributed by atoms with Crippen LogP contribution in [0.15, 0.2) is 91.1 Å². The Morgan fingerprint density at radius 2 is 1.65 bits per heavy atom. The summed E-state index contributed by atoms with van der Waals surface area (Å²) in [5.74, 6) is 1.60. The number of benzene rings is 3. The van der Waals surface area contributed by atoms with E-state index in [1.54, 1.807) is 24.6 Å². The number of amides is 1. The maximum Gasteiger partial charge on any atom is 0.207 e. The second-order valence-electron chi connectivity index (χ2n) is 12.6. The van der Waals surface area contributed by atoms with Gasteiger partial charge in [0.05, 0.1) is 38.4 Å². The Morgan fingerprint density at radius 1 is 0.938 bits per heavy atom. The molecule has 3 aromatic heterocycles. The Bertz CT molecular complexity index is 2000. The molecule has 0 atom stereocenters. The second-order valence-corrected chi connectivity index (χ2v) is 13.6. The van der Waals surface area contributed by atoms with E-state index in [9.17, 15) is 4.79 Å². The normalized spacial score (nSPS) is 13.9. The predicted octanol–water partition coefficient (Wildman–Crippen LogP) is 9.52. The van der Waals surface area contributed by atoms with Gasteiger partial charge in [-0.25, -0.2) is 15.0 Å². The van der Waals surface area contributed by atoms with Gasteiger partial charge in [0.25, 0.3) is 0 Å². The maximum atomic E-state index is 11.4. The van der Waals surface area contributed by atoms with Crippen LogP contribution in [-0.2, 0) is 15.1 Å². The molecule has 4 heterocycles. The Labute approximate surface area is 286 Å². The fourth-order valence-electron chi connectivity index (χ4n) is 5.92. The summed E-state index contributed by atoms with van der Waals surface area (Å²) in [4.78, 5) is 26.4. The third kappa shape index (κ3) is 6.23. The van der Waals surface area contributed by atoms with Crippen LogP contribution in [0.1, 0.15) is 59.4 Å². The summed E-state index contributed by atoms with van der Waals surface area (Å²) in [5, 5.41) is 7.47. The van der Waals surface area contributed by atoms with Crippen LogP contribution >= 0.6 is 11.3 Å². The molecule has 6 aromatic rings. The lowest BCUT2D eigenvalue weighted by atomic mass is 9.72. The predicted molar refractivity (Wildman–Crippen MR) is 197 cm³/mol. The van der Waals surface area contributed by atoms with E-state index in [2.05, 4.69) is 63.7 Å². The lowest BCUT2D eigenvalue weighted by molar-refractivity contribution is -0.112. The third-order valence-electron chi connectivity index (χ3n) is 8.69. The summed E-state index contributed by atoms with van der Waals surface area (Å²) in [7, 11) is 1.71. The fraction of sp³-hybridized carbons (Fsp3) is 0.282. The van der Waals surface area contributed by atoms with Gasteiger partial charge in [-0.05, 0) is 82.0 Å². The molecule has 0 bridgehead atoms. The smallest absolute Gasteiger partial charge is 0.207 e. The van der Waals surface area contributed by atoms with Crippen molar-refractivity contribution < 1.29 is 9.53 Å². The van der Waals surface area contributed by atoms with Crippen LogP contribution in [0.3, 0.4) is 0 Å². The SMILES string of the molecule is CC.COC(C)(C)C.O=CNC1(c2ccc(-c3c(-c4nc5ccccc5s4)nc4n3-c3cccnc3Nc3ccccc3-4)cc2)CCC1. The molecule has 0 radical (unpaired) electrons. The third-order valence-corrected chi connectivity index (χ3v) is 9.73. The molecule has 246 valence electrons. The minimum absolute atomic E-state index is 0.0417. The van der Waals surface area contributed by atoms with E-state index in [-0.39, 0.29) is 11.1 Å². The number of carbonyl (C=O) groups is 1. The van der Waals surface area contributed by atoms with Crippen molar-refractivity contribution in [2.45, 2.75) is 65.0 Å². The lowest BCUT2D eigenvalue weighted by Crippen LogP contribution is -2.47. The van der Waals surface area contributed by atoms with Crippen molar-refractivity contribution in [3.8, 4) is 39.0 Å². The zero-order valence-electron chi connectivity index (χ0n) is 28.4. The maximum absolute atomic E-state index is 11.4. The molecule has 0 unspecified atom stereocenters. The summed E-state index contributed by atoms with van der Waals surface area (Å²) < 4.78 is 8.27. The van der Waals surface area contributed by atoms with Gasteiger partial charge in [-0.15, -0.1) is 11.3 Å². The number of pyridine rings is 1. The molecular formula is C39H42N6O2S. The fourth-order valence-corrected chi connectivity index (χ4v) is 6.88. The molecule has 2 N–H and O–H groups in total. The van der Waals surface area contributed by atoms with Crippen LogP contribution in [-0.4, -0.2) is 38.6 Å². The van der Waals surface area contributed by atoms with Crippen molar-refractivity contribution >= 4 is 39.5 Å². The van der Waals surface area contributed by atoms with E-state index < -0.39 is 0 Å². The van der Waals surface area contributed by atoms with Crippen LogP contribution in [0, 0.1) is 0 Å². The number of thiazole rings is 1. The van der Waals surface area contributed by atoms with Gasteiger partial charge in [0, 0.05) is 24.4 Å². The number of aromatic nitrogens is 4. The molecule has 8 rings (SSSR count). The zero-order valence-corrected chi connectivity index (χ0v) is 29.2. The van der Waals surface area contributed by atoms with Gasteiger partial charge in [0.15, 0.2) is 5.82 Å². The summed E-state index contributed by atoms with van der Waals surface area (Å²) in [6.45, 7) is 10.1. The van der Waals surface area contributed by atoms with E-state index in [1.807, 2.05) is 71.0 Å². The number of fused-ring (bicyclic) bond motifs is 6. The molecule has 1 saturated carbocycles. The number of hydrogen-bond donors (Lipinski definition) is 2. The minimum Gasteiger partial charge on any atom is -0.379 e. The van der Waals surface area contributed by atoms with Crippen LogP contribution in [0.5, 0.6) is 0 Å². The first-order valence-electron chi connectivity index (χ1n) is 16.5. The van der Waals surface area contributed by atoms with E-state index in [0.717, 1.165) is 92.0 Å². The highest BCUT2D eigenvalue weighted by Crippen LogP contribution is 2.46. The first kappa shape index (κ1) is 33.1. The van der Waals surface area contributed by atoms with Gasteiger partial charge >= 0.3 is 0 Å². The number of rotatable bonds is 5. The molecule has 0 saturated heterocycles. The topological polar surface area (TPSA) is 94.0 Å². The monoisotopic (exact) mass is 658 g/mol. The van der Waals surface area contributed by atoms with Crippen LogP contribution < -0.4 is 10.6 Å². The molecule has 1 amide bonds. The molecule has 9 heteroatoms. The zero-order chi connectivity index (χ0) is 33.9. The van der Waals surface area contributed by atoms with Crippen LogP contribution in [0.2, 0.25) is 0 Å². The number of nitrogens with zero attached hydrogens (tertiary/aromatic N) is 4. The number of ether oxygens (including phenoxy) is 1. The van der Waals surface area contributed by atoms with Crippen LogP contribution in [0.4, 0.5) is 11.5 Å². The Balaban J connectivity index is 0.000000455. The van der Waals surface area contributed by atoms with Crippen molar-refractivity contribution in [3.05, 3.63) is 96.7 Å². The van der Waals surface area contributed by atoms with Crippen molar-refractivity contribution in [3.63, 3.8) is 0 Å². The van der Waals surface area contributed by atoms with Crippen molar-refractivity contribution in [2.24, 2.45) is 0 Å². The van der Waals surface area contributed by atoms with E-state index in [1.165, 1.54) is 0 Å². The summed E-state index contributed by atoms with van der Waals surface area (Å²) in [6.07, 6.45) is 5.63. The number of imidazole rings is 1. The number of hydrogen-bond acceptors (Lipinski definition) is 7. The summed E-state index contributed by atoms with van der Waals surface area (Å²) in [5.41, 5.74) is 7.54. The van der Waals surface area contributed by atoms with Crippen molar-refractivity contribution in [1.29, 1.82) is 0 Å². The Kier molecular flexibility index (Phi) is 9.44. The average molecular weight is 659 g/mol. The van der Waals surface area contributed by atoms with E-state index >= 15 is 0 Å². The summed E-state index contributed by atoms with van der Waals surface area (Å²) >= 11 is 1.65. The Hall–Kier alpha value is -4.86. The van der Waals surface area contributed by atoms with Gasteiger partial charge < -0.3 is 15.4 Å². The largest absolute Gasteiger partial charge is 0.379 e. The van der Waals surface area contributed by atoms with Gasteiger partial charge in [-0.1, -0.05) is 62.4 Å². The van der Waals surface area contributed by atoms with E-state index in [0.29, 0.717) is 0 Å². The second kappa shape index (κ2) is 13.7. The lowest BCUT2D eigenvalue weighted by Gasteiger charge is -2.42. The molecule has 48 heavy (non-hydrogen) atoms. The van der Waals surface area contributed by atoms with Crippen molar-refractivity contribution in [1.82, 2.24) is 24.8 Å². The number of nitrogens with one attached hydrogen (secondary N) is 2. The number of methoxy groups -OCH3 is 1. The van der Waals surface area contributed by atoms with Crippen molar-refractivity contribution in [2.75, 3.05) is 12.4 Å². The minimum atomic E-state index is -0.274.